The van der Waals surface area contributed by atoms with Gasteiger partial charge in [0.1, 0.15) is 0 Å². The lowest BCUT2D eigenvalue weighted by atomic mass is 9.65. The van der Waals surface area contributed by atoms with Crippen LogP contribution >= 0.6 is 0 Å². The van der Waals surface area contributed by atoms with Crippen LogP contribution < -0.4 is 0 Å². The predicted octanol–water partition coefficient (Wildman–Crippen LogP) is 3.27. The SMILES string of the molecule is CC1CC2=C(C=CCC2)C(=O)C1(C)C. The number of hydrogen-bond acceptors (Lipinski definition) is 1. The molecule has 76 valence electrons. The van der Waals surface area contributed by atoms with Gasteiger partial charge in [-0.1, -0.05) is 38.5 Å². The molecule has 0 spiro atoms. The number of carbonyl (C=O) groups excluding carboxylic acids is 1. The van der Waals surface area contributed by atoms with Gasteiger partial charge in [0.05, 0.1) is 0 Å². The number of rotatable bonds is 0. The van der Waals surface area contributed by atoms with Crippen LogP contribution in [0.2, 0.25) is 0 Å². The van der Waals surface area contributed by atoms with Crippen molar-refractivity contribution in [2.75, 3.05) is 0 Å². The number of ketones is 1. The summed E-state index contributed by atoms with van der Waals surface area (Å²) in [5, 5.41) is 0. The molecule has 0 aromatic rings. The van der Waals surface area contributed by atoms with Crippen molar-refractivity contribution >= 4 is 5.78 Å². The largest absolute Gasteiger partial charge is 0.294 e. The zero-order valence-corrected chi connectivity index (χ0v) is 9.26. The molecule has 0 amide bonds. The molecule has 2 aliphatic carbocycles. The molecule has 0 radical (unpaired) electrons. The maximum absolute atomic E-state index is 12.2. The lowest BCUT2D eigenvalue weighted by molar-refractivity contribution is -0.126. The minimum Gasteiger partial charge on any atom is -0.294 e. The van der Waals surface area contributed by atoms with Crippen LogP contribution in [0.3, 0.4) is 0 Å². The minimum atomic E-state index is -0.166. The molecule has 0 aromatic carbocycles. The maximum atomic E-state index is 12.2. The van der Waals surface area contributed by atoms with E-state index in [2.05, 4.69) is 26.8 Å². The fourth-order valence-electron chi connectivity index (χ4n) is 2.36. The second kappa shape index (κ2) is 3.08. The third-order valence-corrected chi connectivity index (χ3v) is 3.89. The second-order valence-electron chi connectivity index (χ2n) is 5.11. The maximum Gasteiger partial charge on any atom is 0.168 e. The van der Waals surface area contributed by atoms with Gasteiger partial charge in [-0.25, -0.2) is 0 Å². The molecule has 0 fully saturated rings. The van der Waals surface area contributed by atoms with Gasteiger partial charge in [0.2, 0.25) is 0 Å². The molecule has 2 rings (SSSR count). The van der Waals surface area contributed by atoms with E-state index in [1.807, 2.05) is 6.08 Å². The Hall–Kier alpha value is -0.850. The van der Waals surface area contributed by atoms with Crippen LogP contribution in [0.1, 0.15) is 40.0 Å². The van der Waals surface area contributed by atoms with Crippen LogP contribution in [0.5, 0.6) is 0 Å². The van der Waals surface area contributed by atoms with Crippen LogP contribution in [-0.2, 0) is 4.79 Å². The van der Waals surface area contributed by atoms with E-state index in [9.17, 15) is 4.79 Å². The zero-order valence-electron chi connectivity index (χ0n) is 9.26. The van der Waals surface area contributed by atoms with E-state index in [-0.39, 0.29) is 5.41 Å². The third-order valence-electron chi connectivity index (χ3n) is 3.89. The van der Waals surface area contributed by atoms with E-state index in [1.54, 1.807) is 0 Å². The number of hydrogen-bond donors (Lipinski definition) is 0. The number of carbonyl (C=O) groups is 1. The lowest BCUT2D eigenvalue weighted by Crippen LogP contribution is -2.37. The summed E-state index contributed by atoms with van der Waals surface area (Å²) in [5.74, 6) is 0.836. The first-order chi connectivity index (χ1) is 6.53. The van der Waals surface area contributed by atoms with Crippen molar-refractivity contribution in [1.29, 1.82) is 0 Å². The Bertz CT molecular complexity index is 331. The first kappa shape index (κ1) is 9.70. The first-order valence-corrected chi connectivity index (χ1v) is 5.47. The molecule has 1 nitrogen and oxygen atoms in total. The summed E-state index contributed by atoms with van der Waals surface area (Å²) < 4.78 is 0. The molecule has 0 N–H and O–H groups in total. The van der Waals surface area contributed by atoms with Crippen LogP contribution in [-0.4, -0.2) is 5.78 Å². The van der Waals surface area contributed by atoms with Gasteiger partial charge in [-0.15, -0.1) is 0 Å². The highest BCUT2D eigenvalue weighted by Gasteiger charge is 2.40. The van der Waals surface area contributed by atoms with Crippen molar-refractivity contribution in [1.82, 2.24) is 0 Å². The highest BCUT2D eigenvalue weighted by molar-refractivity contribution is 6.03. The van der Waals surface area contributed by atoms with E-state index in [1.165, 1.54) is 5.57 Å². The second-order valence-corrected chi connectivity index (χ2v) is 5.11. The molecule has 2 aliphatic rings. The molecule has 0 saturated carbocycles. The summed E-state index contributed by atoms with van der Waals surface area (Å²) in [4.78, 5) is 12.2. The smallest absolute Gasteiger partial charge is 0.168 e. The van der Waals surface area contributed by atoms with Crippen LogP contribution in [0, 0.1) is 11.3 Å². The fourth-order valence-corrected chi connectivity index (χ4v) is 2.36. The molecule has 0 saturated heterocycles. The van der Waals surface area contributed by atoms with Gasteiger partial charge in [0.25, 0.3) is 0 Å². The van der Waals surface area contributed by atoms with Gasteiger partial charge >= 0.3 is 0 Å². The number of Topliss-reactive ketones (excluding diaryl/α,β-unsaturated/α-hetero) is 1. The summed E-state index contributed by atoms with van der Waals surface area (Å²) in [6.45, 7) is 6.35. The van der Waals surface area contributed by atoms with Crippen LogP contribution in [0.4, 0.5) is 0 Å². The summed E-state index contributed by atoms with van der Waals surface area (Å²) in [7, 11) is 0. The molecule has 1 atom stereocenters. The average Bonchev–Trinajstić information content (AvgIpc) is 2.15. The number of allylic oxidation sites excluding steroid dienone is 4. The molecule has 0 aliphatic heterocycles. The monoisotopic (exact) mass is 190 g/mol. The molecule has 0 aromatic heterocycles. The molecule has 1 unspecified atom stereocenters. The van der Waals surface area contributed by atoms with Gasteiger partial charge in [-0.05, 0) is 25.2 Å². The molecule has 1 heteroatoms. The van der Waals surface area contributed by atoms with Crippen LogP contribution in [0.15, 0.2) is 23.3 Å². The van der Waals surface area contributed by atoms with E-state index in [0.717, 1.165) is 24.8 Å². The summed E-state index contributed by atoms with van der Waals surface area (Å²) >= 11 is 0. The minimum absolute atomic E-state index is 0.166. The normalized spacial score (nSPS) is 30.5. The van der Waals surface area contributed by atoms with Crippen molar-refractivity contribution in [3.63, 3.8) is 0 Å². The highest BCUT2D eigenvalue weighted by atomic mass is 16.1. The van der Waals surface area contributed by atoms with E-state index in [4.69, 9.17) is 0 Å². The first-order valence-electron chi connectivity index (χ1n) is 5.47. The molecule has 0 bridgehead atoms. The molecular weight excluding hydrogens is 172 g/mol. The quantitative estimate of drug-likeness (QED) is 0.573. The zero-order chi connectivity index (χ0) is 10.3. The predicted molar refractivity (Wildman–Crippen MR) is 58.0 cm³/mol. The van der Waals surface area contributed by atoms with Gasteiger partial charge in [0.15, 0.2) is 5.78 Å². The van der Waals surface area contributed by atoms with Gasteiger partial charge in [-0.2, -0.15) is 0 Å². The Kier molecular flexibility index (Phi) is 2.13. The van der Waals surface area contributed by atoms with E-state index >= 15 is 0 Å². The Morgan fingerprint density at radius 3 is 2.86 bits per heavy atom. The molecule has 14 heavy (non-hydrogen) atoms. The summed E-state index contributed by atoms with van der Waals surface area (Å²) in [6, 6.07) is 0. The Labute approximate surface area is 85.9 Å². The third kappa shape index (κ3) is 1.26. The van der Waals surface area contributed by atoms with E-state index < -0.39 is 0 Å². The van der Waals surface area contributed by atoms with E-state index in [0.29, 0.717) is 11.7 Å². The summed E-state index contributed by atoms with van der Waals surface area (Å²) in [5.41, 5.74) is 2.24. The Morgan fingerprint density at radius 1 is 1.43 bits per heavy atom. The fraction of sp³-hybridized carbons (Fsp3) is 0.615. The molecular formula is C13H18O. The van der Waals surface area contributed by atoms with Gasteiger partial charge in [-0.3, -0.25) is 4.79 Å². The van der Waals surface area contributed by atoms with Crippen molar-refractivity contribution in [2.24, 2.45) is 11.3 Å². The van der Waals surface area contributed by atoms with Crippen molar-refractivity contribution < 1.29 is 4.79 Å². The van der Waals surface area contributed by atoms with Crippen molar-refractivity contribution in [3.8, 4) is 0 Å². The van der Waals surface area contributed by atoms with Gasteiger partial charge < -0.3 is 0 Å². The summed E-state index contributed by atoms with van der Waals surface area (Å²) in [6.07, 6.45) is 7.48. The Balaban J connectivity index is 2.44. The average molecular weight is 190 g/mol. The van der Waals surface area contributed by atoms with Crippen molar-refractivity contribution in [2.45, 2.75) is 40.0 Å². The topological polar surface area (TPSA) is 17.1 Å². The Morgan fingerprint density at radius 2 is 2.14 bits per heavy atom. The van der Waals surface area contributed by atoms with Crippen molar-refractivity contribution in [3.05, 3.63) is 23.3 Å². The van der Waals surface area contributed by atoms with Gasteiger partial charge in [0, 0.05) is 11.0 Å². The molecule has 0 heterocycles. The lowest BCUT2D eigenvalue weighted by Gasteiger charge is -2.37. The standard InChI is InChI=1S/C13H18O/c1-9-8-10-6-4-5-7-11(10)12(14)13(9,2)3/h5,7,9H,4,6,8H2,1-3H3. The highest BCUT2D eigenvalue weighted by Crippen LogP contribution is 2.43. The van der Waals surface area contributed by atoms with Crippen LogP contribution in [0.25, 0.3) is 0 Å².